The second-order valence-corrected chi connectivity index (χ2v) is 19.4. The Bertz CT molecular complexity index is 3540. The zero-order valence-electron chi connectivity index (χ0n) is 42.1. The summed E-state index contributed by atoms with van der Waals surface area (Å²) in [7, 11) is 0. The number of benzene rings is 8. The van der Waals surface area contributed by atoms with Gasteiger partial charge >= 0.3 is 0 Å². The fourth-order valence-electron chi connectivity index (χ4n) is 8.97. The number of rotatable bonds is 8. The number of nitrogens with zero attached hydrogens (tertiary/aromatic N) is 3. The first-order valence-electron chi connectivity index (χ1n) is 24.4. The van der Waals surface area contributed by atoms with Gasteiger partial charge in [-0.2, -0.15) is 0 Å². The van der Waals surface area contributed by atoms with Crippen molar-refractivity contribution in [3.8, 4) is 89.7 Å². The van der Waals surface area contributed by atoms with E-state index in [1.807, 2.05) is 120 Å². The molecular weight excluding hydrogens is 1010 g/mol. The van der Waals surface area contributed by atoms with Gasteiger partial charge < -0.3 is 5.11 Å². The maximum Gasteiger partial charge on any atom is 0.148 e. The molecule has 5 heteroatoms. The standard InChI is InChI=1S/C63H54N3O.Pt/c1-41-34-58(54(44-22-15-10-16-23-44)40-53(41)45-26-28-50(29-27-45)62(2,3)4)66-57-25-17-24-52(60(57)65-61(66)55-39-51(63(5,6)7)30-31-59(55)67)48-35-47(43-20-13-9-14-21-43)36-49(37-48)56-38-46(32-33-64-56)42-18-11-8-12-19-42;/h8-36,38-40,67H,1-7H3;/q-1;/i1D3;. The first kappa shape index (κ1) is 42.2. The Hall–Kier alpha value is -7.13. The molecule has 0 aliphatic rings. The van der Waals surface area contributed by atoms with Crippen LogP contribution in [0.4, 0.5) is 0 Å². The van der Waals surface area contributed by atoms with Crippen LogP contribution in [0.3, 0.4) is 0 Å². The van der Waals surface area contributed by atoms with E-state index in [2.05, 4.69) is 120 Å². The summed E-state index contributed by atoms with van der Waals surface area (Å²) in [5.74, 6) is 0.530. The number of aryl methyl sites for hydroxylation is 1. The van der Waals surface area contributed by atoms with Gasteiger partial charge in [0.25, 0.3) is 0 Å². The second-order valence-electron chi connectivity index (χ2n) is 19.4. The van der Waals surface area contributed by atoms with E-state index in [0.717, 1.165) is 78.0 Å². The van der Waals surface area contributed by atoms with Crippen LogP contribution >= 0.6 is 0 Å². The summed E-state index contributed by atoms with van der Waals surface area (Å²) < 4.78 is 29.2. The van der Waals surface area contributed by atoms with E-state index in [9.17, 15) is 5.11 Å². The molecule has 8 aromatic carbocycles. The zero-order chi connectivity index (χ0) is 49.0. The van der Waals surface area contributed by atoms with E-state index in [1.165, 1.54) is 0 Å². The molecule has 1 N–H and O–H groups in total. The number of fused-ring (bicyclic) bond motifs is 1. The van der Waals surface area contributed by atoms with Gasteiger partial charge in [0.15, 0.2) is 0 Å². The number of phenolic OH excluding ortho intramolecular Hbond substituents is 1. The minimum Gasteiger partial charge on any atom is -0.507 e. The SMILES string of the molecule is [2H]C([2H])([2H])c1cc(-n2c(-c3cc(C(C)(C)C)ccc3O)nc3c(-c4[c-]c(-c5cc(-c6ccccc6)ccn5)cc(-c5ccccc5)c4)cccc32)c(-c2ccccc2)cc1-c1ccc(C(C)(C)C)cc1.[Pt]. The number of aromatic hydroxyl groups is 1. The van der Waals surface area contributed by atoms with Crippen molar-refractivity contribution >= 4 is 11.0 Å². The minimum absolute atomic E-state index is 0. The Morgan fingerprint density at radius 1 is 0.500 bits per heavy atom. The van der Waals surface area contributed by atoms with Gasteiger partial charge in [0.05, 0.1) is 22.3 Å². The van der Waals surface area contributed by atoms with Crippen LogP contribution in [0, 0.1) is 12.9 Å². The largest absolute Gasteiger partial charge is 0.507 e. The molecule has 0 bridgehead atoms. The van der Waals surface area contributed by atoms with E-state index in [0.29, 0.717) is 28.2 Å². The maximum absolute atomic E-state index is 12.0. The molecule has 10 aromatic rings. The average Bonchev–Trinajstić information content (AvgIpc) is 3.75. The Kier molecular flexibility index (Phi) is 11.5. The number of aromatic nitrogens is 3. The molecule has 10 rings (SSSR count). The third-order valence-electron chi connectivity index (χ3n) is 12.7. The van der Waals surface area contributed by atoms with Crippen LogP contribution in [-0.4, -0.2) is 19.6 Å². The van der Waals surface area contributed by atoms with Crippen LogP contribution in [0.15, 0.2) is 194 Å². The zero-order valence-corrected chi connectivity index (χ0v) is 41.4. The van der Waals surface area contributed by atoms with E-state index >= 15 is 0 Å². The van der Waals surface area contributed by atoms with Crippen molar-refractivity contribution in [2.75, 3.05) is 0 Å². The molecule has 0 unspecified atom stereocenters. The Labute approximate surface area is 419 Å². The minimum atomic E-state index is -2.49. The Morgan fingerprint density at radius 3 is 1.75 bits per heavy atom. The summed E-state index contributed by atoms with van der Waals surface area (Å²) >= 11 is 0. The molecule has 2 heterocycles. The van der Waals surface area contributed by atoms with Crippen molar-refractivity contribution in [1.82, 2.24) is 14.5 Å². The van der Waals surface area contributed by atoms with E-state index in [4.69, 9.17) is 14.1 Å². The van der Waals surface area contributed by atoms with Gasteiger partial charge in [0.1, 0.15) is 11.6 Å². The number of pyridine rings is 1. The van der Waals surface area contributed by atoms with E-state index in [-0.39, 0.29) is 43.2 Å². The Balaban J connectivity index is 0.00000624. The van der Waals surface area contributed by atoms with Crippen LogP contribution in [0.2, 0.25) is 0 Å². The fourth-order valence-corrected chi connectivity index (χ4v) is 8.97. The molecule has 0 spiro atoms. The molecule has 0 saturated heterocycles. The van der Waals surface area contributed by atoms with Crippen LogP contribution in [0.25, 0.3) is 95.0 Å². The topological polar surface area (TPSA) is 50.9 Å². The fraction of sp³-hybridized carbons (Fsp3) is 0.143. The molecule has 0 aliphatic carbocycles. The first-order chi connectivity index (χ1) is 33.5. The summed E-state index contributed by atoms with van der Waals surface area (Å²) in [6.07, 6.45) is 1.84. The third-order valence-corrected chi connectivity index (χ3v) is 12.7. The van der Waals surface area contributed by atoms with Crippen molar-refractivity contribution in [2.45, 2.75) is 59.2 Å². The van der Waals surface area contributed by atoms with Crippen molar-refractivity contribution in [3.05, 3.63) is 217 Å². The number of para-hydroxylation sites is 1. The van der Waals surface area contributed by atoms with Crippen LogP contribution in [-0.2, 0) is 31.9 Å². The van der Waals surface area contributed by atoms with Gasteiger partial charge in [0, 0.05) is 42.6 Å². The molecule has 4 nitrogen and oxygen atoms in total. The van der Waals surface area contributed by atoms with Crippen molar-refractivity contribution < 1.29 is 30.3 Å². The molecule has 0 saturated carbocycles. The molecule has 0 fully saturated rings. The van der Waals surface area contributed by atoms with Crippen molar-refractivity contribution in [1.29, 1.82) is 0 Å². The van der Waals surface area contributed by atoms with E-state index in [1.54, 1.807) is 6.07 Å². The van der Waals surface area contributed by atoms with Crippen molar-refractivity contribution in [2.24, 2.45) is 0 Å². The summed E-state index contributed by atoms with van der Waals surface area (Å²) in [6, 6.07) is 66.7. The Morgan fingerprint density at radius 2 is 1.10 bits per heavy atom. The normalized spacial score (nSPS) is 12.5. The molecule has 0 atom stereocenters. The second kappa shape index (κ2) is 18.5. The van der Waals surface area contributed by atoms with Gasteiger partial charge in [-0.1, -0.05) is 198 Å². The summed E-state index contributed by atoms with van der Waals surface area (Å²) in [5.41, 5.74) is 15.1. The molecule has 0 radical (unpaired) electrons. The predicted molar refractivity (Wildman–Crippen MR) is 280 cm³/mol. The average molecular weight is 1070 g/mol. The number of hydrogen-bond donors (Lipinski definition) is 1. The quantitative estimate of drug-likeness (QED) is 0.154. The van der Waals surface area contributed by atoms with Crippen molar-refractivity contribution in [3.63, 3.8) is 0 Å². The number of imidazole rings is 1. The molecule has 0 aliphatic heterocycles. The summed E-state index contributed by atoms with van der Waals surface area (Å²) in [6.45, 7) is 10.5. The van der Waals surface area contributed by atoms with E-state index < -0.39 is 6.85 Å². The number of hydrogen-bond acceptors (Lipinski definition) is 3. The molecule has 0 amide bonds. The first-order valence-corrected chi connectivity index (χ1v) is 22.9. The monoisotopic (exact) mass is 1070 g/mol. The van der Waals surface area contributed by atoms with Gasteiger partial charge in [0.2, 0.25) is 0 Å². The molecule has 68 heavy (non-hydrogen) atoms. The van der Waals surface area contributed by atoms with Gasteiger partial charge in [-0.3, -0.25) is 9.55 Å². The predicted octanol–water partition coefficient (Wildman–Crippen LogP) is 16.5. The molecular formula is C63H54N3OPt-. The van der Waals surface area contributed by atoms with Crippen LogP contribution in [0.1, 0.15) is 62.3 Å². The van der Waals surface area contributed by atoms with Crippen LogP contribution in [0.5, 0.6) is 5.75 Å². The summed E-state index contributed by atoms with van der Waals surface area (Å²) in [5, 5.41) is 12.0. The molecule has 338 valence electrons. The van der Waals surface area contributed by atoms with Gasteiger partial charge in [-0.15, -0.1) is 23.8 Å². The van der Waals surface area contributed by atoms with Crippen LogP contribution < -0.4 is 0 Å². The maximum atomic E-state index is 12.0. The molecule has 2 aromatic heterocycles. The third kappa shape index (κ3) is 9.02. The number of phenols is 1. The smallest absolute Gasteiger partial charge is 0.148 e. The summed E-state index contributed by atoms with van der Waals surface area (Å²) in [4.78, 5) is 10.4. The van der Waals surface area contributed by atoms with Gasteiger partial charge in [-0.05, 0) is 104 Å². The van der Waals surface area contributed by atoms with Gasteiger partial charge in [-0.25, -0.2) is 4.98 Å².